The minimum atomic E-state index is 0.169. The fourth-order valence-electron chi connectivity index (χ4n) is 2.56. The molecule has 102 valence electrons. The Morgan fingerprint density at radius 1 is 1.10 bits per heavy atom. The monoisotopic (exact) mass is 266 g/mol. The summed E-state index contributed by atoms with van der Waals surface area (Å²) in [6, 6.07) is 12.0. The zero-order chi connectivity index (χ0) is 14.1. The largest absolute Gasteiger partial charge is 0.493 e. The number of hydrogen-bond acceptors (Lipinski definition) is 2. The first-order chi connectivity index (χ1) is 9.63. The van der Waals surface area contributed by atoms with Crippen molar-refractivity contribution in [1.82, 2.24) is 0 Å². The normalized spacial score (nSPS) is 12.9. The van der Waals surface area contributed by atoms with Crippen LogP contribution < -0.4 is 4.74 Å². The lowest BCUT2D eigenvalue weighted by Crippen LogP contribution is -2.04. The van der Waals surface area contributed by atoms with E-state index in [1.807, 2.05) is 24.3 Å². The van der Waals surface area contributed by atoms with Gasteiger partial charge in [0.1, 0.15) is 5.75 Å². The highest BCUT2D eigenvalue weighted by molar-refractivity contribution is 5.97. The summed E-state index contributed by atoms with van der Waals surface area (Å²) in [5.74, 6) is 1.09. The van der Waals surface area contributed by atoms with Crippen LogP contribution in [0.1, 0.15) is 32.6 Å². The summed E-state index contributed by atoms with van der Waals surface area (Å²) in [4.78, 5) is 12.4. The third-order valence-electron chi connectivity index (χ3n) is 3.95. The van der Waals surface area contributed by atoms with E-state index >= 15 is 0 Å². The van der Waals surface area contributed by atoms with Crippen molar-refractivity contribution < 1.29 is 9.53 Å². The van der Waals surface area contributed by atoms with E-state index in [0.29, 0.717) is 6.42 Å². The average Bonchev–Trinajstić information content (AvgIpc) is 2.90. The maximum absolute atomic E-state index is 12.4. The van der Waals surface area contributed by atoms with Gasteiger partial charge in [-0.2, -0.15) is 0 Å². The third-order valence-corrected chi connectivity index (χ3v) is 3.95. The Bertz CT molecular complexity index is 671. The molecule has 0 atom stereocenters. The summed E-state index contributed by atoms with van der Waals surface area (Å²) in [6.07, 6.45) is 1.36. The molecule has 2 aromatic carbocycles. The maximum atomic E-state index is 12.4. The van der Waals surface area contributed by atoms with Crippen LogP contribution in [0.3, 0.4) is 0 Å². The number of hydrogen-bond donors (Lipinski definition) is 0. The minimum absolute atomic E-state index is 0.169. The highest BCUT2D eigenvalue weighted by Gasteiger charge is 2.15. The van der Waals surface area contributed by atoms with E-state index in [1.165, 1.54) is 11.1 Å². The van der Waals surface area contributed by atoms with Crippen molar-refractivity contribution in [3.8, 4) is 5.75 Å². The van der Waals surface area contributed by atoms with Crippen LogP contribution in [-0.4, -0.2) is 12.4 Å². The minimum Gasteiger partial charge on any atom is -0.493 e. The van der Waals surface area contributed by atoms with E-state index in [2.05, 4.69) is 26.0 Å². The summed E-state index contributed by atoms with van der Waals surface area (Å²) >= 11 is 0. The molecule has 0 amide bonds. The van der Waals surface area contributed by atoms with Gasteiger partial charge < -0.3 is 4.74 Å². The van der Waals surface area contributed by atoms with Crippen LogP contribution in [0.2, 0.25) is 0 Å². The molecule has 2 heteroatoms. The molecule has 0 aromatic heterocycles. The first kappa shape index (κ1) is 12.9. The predicted molar refractivity (Wildman–Crippen MR) is 79.6 cm³/mol. The number of rotatable bonds is 3. The van der Waals surface area contributed by atoms with Gasteiger partial charge in [0.05, 0.1) is 6.61 Å². The molecular weight excluding hydrogens is 248 g/mol. The number of fused-ring (bicyclic) bond motifs is 1. The zero-order valence-corrected chi connectivity index (χ0v) is 11.9. The van der Waals surface area contributed by atoms with Crippen molar-refractivity contribution in [1.29, 1.82) is 0 Å². The van der Waals surface area contributed by atoms with Crippen molar-refractivity contribution in [3.63, 3.8) is 0 Å². The Labute approximate surface area is 119 Å². The van der Waals surface area contributed by atoms with Crippen LogP contribution in [0.5, 0.6) is 5.75 Å². The van der Waals surface area contributed by atoms with Gasteiger partial charge in [-0.15, -0.1) is 0 Å². The second kappa shape index (κ2) is 5.12. The zero-order valence-electron chi connectivity index (χ0n) is 11.9. The number of aryl methyl sites for hydroxylation is 2. The quantitative estimate of drug-likeness (QED) is 0.792. The summed E-state index contributed by atoms with van der Waals surface area (Å²) < 4.78 is 5.47. The van der Waals surface area contributed by atoms with Crippen LogP contribution in [0, 0.1) is 13.8 Å². The van der Waals surface area contributed by atoms with Gasteiger partial charge in [0.2, 0.25) is 0 Å². The fraction of sp³-hybridized carbons (Fsp3) is 0.278. The molecule has 1 aliphatic rings. The molecule has 0 unspecified atom stereocenters. The number of benzene rings is 2. The van der Waals surface area contributed by atoms with Gasteiger partial charge in [-0.3, -0.25) is 4.79 Å². The van der Waals surface area contributed by atoms with Gasteiger partial charge in [-0.25, -0.2) is 0 Å². The Kier molecular flexibility index (Phi) is 3.31. The first-order valence-electron chi connectivity index (χ1n) is 6.98. The van der Waals surface area contributed by atoms with Crippen molar-refractivity contribution >= 4 is 5.78 Å². The van der Waals surface area contributed by atoms with Crippen molar-refractivity contribution in [2.45, 2.75) is 26.7 Å². The van der Waals surface area contributed by atoms with Gasteiger partial charge in [0, 0.05) is 18.4 Å². The molecule has 2 nitrogen and oxygen atoms in total. The summed E-state index contributed by atoms with van der Waals surface area (Å²) in [6.45, 7) is 4.89. The fourth-order valence-corrected chi connectivity index (χ4v) is 2.56. The highest BCUT2D eigenvalue weighted by atomic mass is 16.5. The maximum Gasteiger partial charge on any atom is 0.167 e. The number of carbonyl (C=O) groups is 1. The molecule has 3 rings (SSSR count). The smallest absolute Gasteiger partial charge is 0.167 e. The molecule has 20 heavy (non-hydrogen) atoms. The van der Waals surface area contributed by atoms with Crippen LogP contribution in [0.15, 0.2) is 36.4 Å². The molecule has 0 bridgehead atoms. The molecule has 0 fully saturated rings. The van der Waals surface area contributed by atoms with Crippen LogP contribution in [-0.2, 0) is 12.8 Å². The van der Waals surface area contributed by atoms with E-state index in [4.69, 9.17) is 4.74 Å². The van der Waals surface area contributed by atoms with Gasteiger partial charge in [-0.05, 0) is 54.3 Å². The molecule has 2 aromatic rings. The lowest BCUT2D eigenvalue weighted by Gasteiger charge is -2.06. The Morgan fingerprint density at radius 2 is 1.95 bits per heavy atom. The summed E-state index contributed by atoms with van der Waals surface area (Å²) in [5.41, 5.74) is 5.51. The first-order valence-corrected chi connectivity index (χ1v) is 6.98. The number of Topliss-reactive ketones (excluding diaryl/α,β-unsaturated/α-hetero) is 1. The molecule has 0 saturated carbocycles. The molecular formula is C18H18O2. The molecule has 0 spiro atoms. The average molecular weight is 266 g/mol. The lowest BCUT2D eigenvalue weighted by atomic mass is 9.98. The van der Waals surface area contributed by atoms with Gasteiger partial charge in [0.25, 0.3) is 0 Å². The van der Waals surface area contributed by atoms with Crippen LogP contribution >= 0.6 is 0 Å². The van der Waals surface area contributed by atoms with Gasteiger partial charge >= 0.3 is 0 Å². The molecule has 0 N–H and O–H groups in total. The van der Waals surface area contributed by atoms with Crippen molar-refractivity contribution in [2.24, 2.45) is 0 Å². The van der Waals surface area contributed by atoms with E-state index in [-0.39, 0.29) is 5.78 Å². The molecule has 1 aliphatic heterocycles. The molecule has 1 heterocycles. The Balaban J connectivity index is 1.80. The lowest BCUT2D eigenvalue weighted by molar-refractivity contribution is 0.0993. The Morgan fingerprint density at radius 3 is 2.75 bits per heavy atom. The number of ketones is 1. The van der Waals surface area contributed by atoms with E-state index in [1.54, 1.807) is 0 Å². The van der Waals surface area contributed by atoms with Crippen molar-refractivity contribution in [2.75, 3.05) is 6.61 Å². The summed E-state index contributed by atoms with van der Waals surface area (Å²) in [5, 5.41) is 0. The predicted octanol–water partition coefficient (Wildman–Crippen LogP) is 3.66. The Hall–Kier alpha value is -2.09. The topological polar surface area (TPSA) is 26.3 Å². The van der Waals surface area contributed by atoms with E-state index in [9.17, 15) is 4.79 Å². The molecule has 0 aliphatic carbocycles. The molecule has 0 saturated heterocycles. The van der Waals surface area contributed by atoms with Crippen LogP contribution in [0.4, 0.5) is 0 Å². The number of carbonyl (C=O) groups excluding carboxylic acids is 1. The van der Waals surface area contributed by atoms with Gasteiger partial charge in [-0.1, -0.05) is 18.2 Å². The summed E-state index contributed by atoms with van der Waals surface area (Å²) in [7, 11) is 0. The van der Waals surface area contributed by atoms with E-state index < -0.39 is 0 Å². The van der Waals surface area contributed by atoms with Gasteiger partial charge in [0.15, 0.2) is 5.78 Å². The SMILES string of the molecule is Cc1ccc(CC(=O)c2ccc3c(c2)CCO3)cc1C. The second-order valence-electron chi connectivity index (χ2n) is 5.44. The van der Waals surface area contributed by atoms with Crippen LogP contribution in [0.25, 0.3) is 0 Å². The second-order valence-corrected chi connectivity index (χ2v) is 5.44. The highest BCUT2D eigenvalue weighted by Crippen LogP contribution is 2.26. The molecule has 0 radical (unpaired) electrons. The standard InChI is InChI=1S/C18H18O2/c1-12-3-4-14(9-13(12)2)10-17(19)15-5-6-18-16(11-15)7-8-20-18/h3-6,9,11H,7-8,10H2,1-2H3. The van der Waals surface area contributed by atoms with E-state index in [0.717, 1.165) is 35.5 Å². The third kappa shape index (κ3) is 2.46. The van der Waals surface area contributed by atoms with Crippen molar-refractivity contribution in [3.05, 3.63) is 64.2 Å². The number of ether oxygens (including phenoxy) is 1.